The fraction of sp³-hybridized carbons (Fsp3) is 0.917. The fourth-order valence-electron chi connectivity index (χ4n) is 1.74. The van der Waals surface area contributed by atoms with E-state index in [4.69, 9.17) is 0 Å². The van der Waals surface area contributed by atoms with Gasteiger partial charge in [0.1, 0.15) is 0 Å². The van der Waals surface area contributed by atoms with Crippen molar-refractivity contribution in [3.8, 4) is 0 Å². The molecule has 0 bridgehead atoms. The number of amides is 1. The molecular formula is C12H24N2O2. The van der Waals surface area contributed by atoms with E-state index < -0.39 is 5.54 Å². The van der Waals surface area contributed by atoms with Crippen LogP contribution in [0.1, 0.15) is 39.5 Å². The van der Waals surface area contributed by atoms with Crippen LogP contribution in [-0.4, -0.2) is 36.2 Å². The van der Waals surface area contributed by atoms with E-state index in [0.29, 0.717) is 6.54 Å². The molecule has 1 rings (SSSR count). The molecule has 0 aliphatic heterocycles. The quantitative estimate of drug-likeness (QED) is 0.572. The molecule has 0 unspecified atom stereocenters. The first-order valence-corrected chi connectivity index (χ1v) is 6.28. The molecule has 1 aliphatic carbocycles. The van der Waals surface area contributed by atoms with Gasteiger partial charge in [-0.25, -0.2) is 0 Å². The van der Waals surface area contributed by atoms with E-state index in [1.807, 2.05) is 13.8 Å². The molecule has 0 aromatic rings. The van der Waals surface area contributed by atoms with Gasteiger partial charge >= 0.3 is 0 Å². The zero-order valence-corrected chi connectivity index (χ0v) is 10.4. The van der Waals surface area contributed by atoms with E-state index in [9.17, 15) is 9.90 Å². The van der Waals surface area contributed by atoms with Crippen molar-refractivity contribution in [2.75, 3.05) is 19.7 Å². The summed E-state index contributed by atoms with van der Waals surface area (Å²) in [6.45, 7) is 5.28. The number of rotatable bonds is 8. The van der Waals surface area contributed by atoms with Crippen LogP contribution in [0.4, 0.5) is 0 Å². The number of aliphatic hydroxyl groups is 1. The van der Waals surface area contributed by atoms with Crippen LogP contribution in [0.25, 0.3) is 0 Å². The standard InChI is InChI=1S/C12H24N2O2/c1-3-12(4-2,9-15)14-11(16)8-13-7-10-5-6-10/h10,13,15H,3-9H2,1-2H3,(H,14,16). The Bertz CT molecular complexity index is 215. The smallest absolute Gasteiger partial charge is 0.234 e. The first-order chi connectivity index (χ1) is 7.65. The number of nitrogens with one attached hydrogen (secondary N) is 2. The topological polar surface area (TPSA) is 61.4 Å². The number of hydrogen-bond donors (Lipinski definition) is 3. The second-order valence-electron chi connectivity index (χ2n) is 4.77. The monoisotopic (exact) mass is 228 g/mol. The summed E-state index contributed by atoms with van der Waals surface area (Å²) in [7, 11) is 0. The molecule has 0 radical (unpaired) electrons. The largest absolute Gasteiger partial charge is 0.394 e. The Kier molecular flexibility index (Phi) is 5.22. The third-order valence-corrected chi connectivity index (χ3v) is 3.48. The summed E-state index contributed by atoms with van der Waals surface area (Å²) in [5, 5.41) is 15.4. The van der Waals surface area contributed by atoms with E-state index in [1.54, 1.807) is 0 Å². The molecule has 16 heavy (non-hydrogen) atoms. The Balaban J connectivity index is 2.23. The Labute approximate surface area is 97.8 Å². The Hall–Kier alpha value is -0.610. The first-order valence-electron chi connectivity index (χ1n) is 6.28. The van der Waals surface area contributed by atoms with Gasteiger partial charge in [-0.2, -0.15) is 0 Å². The lowest BCUT2D eigenvalue weighted by atomic mass is 9.94. The van der Waals surface area contributed by atoms with Crippen LogP contribution in [0, 0.1) is 5.92 Å². The normalized spacial score (nSPS) is 16.2. The van der Waals surface area contributed by atoms with Crippen molar-refractivity contribution in [2.24, 2.45) is 5.92 Å². The van der Waals surface area contributed by atoms with Gasteiger partial charge in [0.15, 0.2) is 0 Å². The van der Waals surface area contributed by atoms with Crippen molar-refractivity contribution in [3.63, 3.8) is 0 Å². The zero-order valence-electron chi connectivity index (χ0n) is 10.4. The average molecular weight is 228 g/mol. The van der Waals surface area contributed by atoms with Crippen LogP contribution in [0.5, 0.6) is 0 Å². The molecule has 3 N–H and O–H groups in total. The maximum atomic E-state index is 11.7. The van der Waals surface area contributed by atoms with Gasteiger partial charge in [0.2, 0.25) is 5.91 Å². The third-order valence-electron chi connectivity index (χ3n) is 3.48. The van der Waals surface area contributed by atoms with Gasteiger partial charge in [0.25, 0.3) is 0 Å². The molecule has 4 heteroatoms. The maximum Gasteiger partial charge on any atom is 0.234 e. The first kappa shape index (κ1) is 13.5. The minimum atomic E-state index is -0.432. The molecule has 0 heterocycles. The second kappa shape index (κ2) is 6.21. The van der Waals surface area contributed by atoms with Crippen molar-refractivity contribution in [1.82, 2.24) is 10.6 Å². The van der Waals surface area contributed by atoms with Crippen molar-refractivity contribution in [2.45, 2.75) is 45.1 Å². The Morgan fingerprint density at radius 1 is 1.38 bits per heavy atom. The van der Waals surface area contributed by atoms with Gasteiger partial charge in [-0.1, -0.05) is 13.8 Å². The molecule has 4 nitrogen and oxygen atoms in total. The predicted molar refractivity (Wildman–Crippen MR) is 64.1 cm³/mol. The van der Waals surface area contributed by atoms with Crippen LogP contribution in [-0.2, 0) is 4.79 Å². The molecular weight excluding hydrogens is 204 g/mol. The highest BCUT2D eigenvalue weighted by molar-refractivity contribution is 5.78. The van der Waals surface area contributed by atoms with Crippen molar-refractivity contribution < 1.29 is 9.90 Å². The van der Waals surface area contributed by atoms with Gasteiger partial charge in [-0.3, -0.25) is 4.79 Å². The highest BCUT2D eigenvalue weighted by atomic mass is 16.3. The summed E-state index contributed by atoms with van der Waals surface area (Å²) < 4.78 is 0. The van der Waals surface area contributed by atoms with Gasteiger partial charge < -0.3 is 15.7 Å². The number of aliphatic hydroxyl groups excluding tert-OH is 1. The molecule has 94 valence electrons. The van der Waals surface area contributed by atoms with Crippen LogP contribution in [0.3, 0.4) is 0 Å². The number of hydrogen-bond acceptors (Lipinski definition) is 3. The van der Waals surface area contributed by atoms with E-state index >= 15 is 0 Å². The lowest BCUT2D eigenvalue weighted by molar-refractivity contribution is -0.122. The van der Waals surface area contributed by atoms with Crippen molar-refractivity contribution in [3.05, 3.63) is 0 Å². The molecule has 1 fully saturated rings. The van der Waals surface area contributed by atoms with E-state index in [-0.39, 0.29) is 12.5 Å². The highest BCUT2D eigenvalue weighted by Gasteiger charge is 2.27. The fourth-order valence-corrected chi connectivity index (χ4v) is 1.74. The third kappa shape index (κ3) is 4.10. The SMILES string of the molecule is CCC(CC)(CO)NC(=O)CNCC1CC1. The zero-order chi connectivity index (χ0) is 12.0. The van der Waals surface area contributed by atoms with Gasteiger partial charge in [0.05, 0.1) is 18.7 Å². The van der Waals surface area contributed by atoms with Crippen LogP contribution >= 0.6 is 0 Å². The summed E-state index contributed by atoms with van der Waals surface area (Å²) in [6, 6.07) is 0. The van der Waals surface area contributed by atoms with Crippen LogP contribution in [0.2, 0.25) is 0 Å². The van der Waals surface area contributed by atoms with Crippen molar-refractivity contribution in [1.29, 1.82) is 0 Å². The maximum absolute atomic E-state index is 11.7. The molecule has 0 saturated heterocycles. The molecule has 0 spiro atoms. The number of carbonyl (C=O) groups is 1. The molecule has 1 saturated carbocycles. The van der Waals surface area contributed by atoms with Gasteiger partial charge in [0, 0.05) is 0 Å². The summed E-state index contributed by atoms with van der Waals surface area (Å²) >= 11 is 0. The predicted octanol–water partition coefficient (Wildman–Crippen LogP) is 0.653. The van der Waals surface area contributed by atoms with Gasteiger partial charge in [-0.15, -0.1) is 0 Å². The number of carbonyl (C=O) groups excluding carboxylic acids is 1. The Morgan fingerprint density at radius 2 is 2.00 bits per heavy atom. The minimum absolute atomic E-state index is 0.00830. The summed E-state index contributed by atoms with van der Waals surface area (Å²) in [5.74, 6) is 0.770. The van der Waals surface area contributed by atoms with E-state index in [1.165, 1.54) is 12.8 Å². The van der Waals surface area contributed by atoms with Gasteiger partial charge in [-0.05, 0) is 38.1 Å². The van der Waals surface area contributed by atoms with Crippen molar-refractivity contribution >= 4 is 5.91 Å². The second-order valence-corrected chi connectivity index (χ2v) is 4.77. The molecule has 0 aromatic carbocycles. The molecule has 1 amide bonds. The molecule has 0 aromatic heterocycles. The average Bonchev–Trinajstić information content (AvgIpc) is 3.10. The lowest BCUT2D eigenvalue weighted by Crippen LogP contribution is -2.52. The highest BCUT2D eigenvalue weighted by Crippen LogP contribution is 2.27. The molecule has 0 atom stereocenters. The lowest BCUT2D eigenvalue weighted by Gasteiger charge is -2.30. The van der Waals surface area contributed by atoms with Crippen LogP contribution < -0.4 is 10.6 Å². The summed E-state index contributed by atoms with van der Waals surface area (Å²) in [4.78, 5) is 11.7. The van der Waals surface area contributed by atoms with E-state index in [2.05, 4.69) is 10.6 Å². The van der Waals surface area contributed by atoms with E-state index in [0.717, 1.165) is 25.3 Å². The summed E-state index contributed by atoms with van der Waals surface area (Å²) in [6.07, 6.45) is 4.10. The minimum Gasteiger partial charge on any atom is -0.394 e. The Morgan fingerprint density at radius 3 is 2.44 bits per heavy atom. The summed E-state index contributed by atoms with van der Waals surface area (Å²) in [5.41, 5.74) is -0.432. The molecule has 1 aliphatic rings. The van der Waals surface area contributed by atoms with Crippen LogP contribution in [0.15, 0.2) is 0 Å².